The molecule has 0 unspecified atom stereocenters. The van der Waals surface area contributed by atoms with Crippen molar-refractivity contribution in [1.29, 1.82) is 0 Å². The fraction of sp³-hybridized carbons (Fsp3) is 0.579. The third kappa shape index (κ3) is 5.11. The molecule has 1 aliphatic rings. The molecule has 1 aromatic carbocycles. The number of carbonyl (C=O) groups is 2. The lowest BCUT2D eigenvalue weighted by Crippen LogP contribution is -2.43. The first-order valence-corrected chi connectivity index (χ1v) is 9.06. The van der Waals surface area contributed by atoms with Crippen molar-refractivity contribution in [2.75, 3.05) is 46.9 Å². The van der Waals surface area contributed by atoms with Crippen LogP contribution in [0.5, 0.6) is 11.5 Å². The van der Waals surface area contributed by atoms with Crippen molar-refractivity contribution < 1.29 is 19.1 Å². The smallest absolute Gasteiger partial charge is 0.239 e. The van der Waals surface area contributed by atoms with Crippen LogP contribution in [0, 0.1) is 0 Å². The Hall–Kier alpha value is -2.28. The molecule has 1 aromatic rings. The third-order valence-corrected chi connectivity index (χ3v) is 4.40. The highest BCUT2D eigenvalue weighted by Gasteiger charge is 2.23. The molecule has 0 atom stereocenters. The molecule has 7 nitrogen and oxygen atoms in total. The highest BCUT2D eigenvalue weighted by atomic mass is 16.5. The van der Waals surface area contributed by atoms with E-state index in [4.69, 9.17) is 9.47 Å². The summed E-state index contributed by atoms with van der Waals surface area (Å²) in [7, 11) is 3.21. The zero-order chi connectivity index (χ0) is 19.1. The second kappa shape index (κ2) is 9.43. The van der Waals surface area contributed by atoms with Gasteiger partial charge in [0.05, 0.1) is 26.3 Å². The summed E-state index contributed by atoms with van der Waals surface area (Å²) in [5.41, 5.74) is 2.39. The van der Waals surface area contributed by atoms with Crippen LogP contribution in [-0.4, -0.2) is 68.6 Å². The Bertz CT molecular complexity index is 648. The average Bonchev–Trinajstić information content (AvgIpc) is 2.62. The first kappa shape index (κ1) is 20.0. The lowest BCUT2D eigenvalue weighted by atomic mass is 9.98. The number of carbonyl (C=O) groups excluding carboxylic acids is 2. The van der Waals surface area contributed by atoms with Crippen LogP contribution in [0.25, 0.3) is 0 Å². The van der Waals surface area contributed by atoms with Crippen LogP contribution < -0.4 is 14.8 Å². The monoisotopic (exact) mass is 363 g/mol. The predicted octanol–water partition coefficient (Wildman–Crippen LogP) is 1.05. The van der Waals surface area contributed by atoms with E-state index in [0.29, 0.717) is 26.3 Å². The molecule has 0 bridgehead atoms. The molecule has 0 aliphatic carbocycles. The van der Waals surface area contributed by atoms with Crippen molar-refractivity contribution in [3.05, 3.63) is 23.3 Å². The van der Waals surface area contributed by atoms with Crippen LogP contribution >= 0.6 is 0 Å². The van der Waals surface area contributed by atoms with Crippen LogP contribution in [0.3, 0.4) is 0 Å². The van der Waals surface area contributed by atoms with Gasteiger partial charge in [-0.05, 0) is 43.5 Å². The van der Waals surface area contributed by atoms with E-state index in [9.17, 15) is 9.59 Å². The highest BCUT2D eigenvalue weighted by Crippen LogP contribution is 2.33. The molecule has 0 fully saturated rings. The molecule has 0 spiro atoms. The number of hydrogen-bond donors (Lipinski definition) is 1. The molecule has 26 heavy (non-hydrogen) atoms. The largest absolute Gasteiger partial charge is 0.490 e. The van der Waals surface area contributed by atoms with Gasteiger partial charge in [-0.25, -0.2) is 0 Å². The Balaban J connectivity index is 2.05. The van der Waals surface area contributed by atoms with E-state index in [-0.39, 0.29) is 18.4 Å². The van der Waals surface area contributed by atoms with Crippen LogP contribution in [0.15, 0.2) is 12.1 Å². The first-order valence-electron chi connectivity index (χ1n) is 9.06. The molecule has 1 N–H and O–H groups in total. The molecule has 2 rings (SSSR count). The summed E-state index contributed by atoms with van der Waals surface area (Å²) in [5, 5.41) is 2.53. The molecular formula is C19H29N3O4. The summed E-state index contributed by atoms with van der Waals surface area (Å²) in [6.07, 6.45) is 0.855. The second-order valence-corrected chi connectivity index (χ2v) is 6.32. The zero-order valence-corrected chi connectivity index (χ0v) is 16.1. The van der Waals surface area contributed by atoms with Gasteiger partial charge in [-0.1, -0.05) is 0 Å². The van der Waals surface area contributed by atoms with Crippen LogP contribution in [0.2, 0.25) is 0 Å². The van der Waals surface area contributed by atoms with E-state index in [2.05, 4.69) is 16.3 Å². The van der Waals surface area contributed by atoms with Gasteiger partial charge in [0.1, 0.15) is 0 Å². The predicted molar refractivity (Wildman–Crippen MR) is 99.5 cm³/mol. The summed E-state index contributed by atoms with van der Waals surface area (Å²) in [4.78, 5) is 27.3. The van der Waals surface area contributed by atoms with Gasteiger partial charge in [0.2, 0.25) is 11.8 Å². The van der Waals surface area contributed by atoms with Crippen molar-refractivity contribution in [1.82, 2.24) is 15.1 Å². The lowest BCUT2D eigenvalue weighted by Gasteiger charge is -2.30. The van der Waals surface area contributed by atoms with Crippen LogP contribution in [0.4, 0.5) is 0 Å². The Morgan fingerprint density at radius 3 is 2.35 bits per heavy atom. The standard InChI is InChI=1S/C19H29N3O4/c1-5-25-16-9-14-7-8-22(11-15(14)10-17(16)26-6-2)13-19(24)21(4)12-18(23)20-3/h9-10H,5-8,11-13H2,1-4H3,(H,20,23). The summed E-state index contributed by atoms with van der Waals surface area (Å²) < 4.78 is 11.4. The molecule has 7 heteroatoms. The number of nitrogens with one attached hydrogen (secondary N) is 1. The highest BCUT2D eigenvalue weighted by molar-refractivity contribution is 5.85. The minimum Gasteiger partial charge on any atom is -0.490 e. The third-order valence-electron chi connectivity index (χ3n) is 4.40. The van der Waals surface area contributed by atoms with Gasteiger partial charge in [-0.3, -0.25) is 14.5 Å². The maximum absolute atomic E-state index is 12.3. The number of fused-ring (bicyclic) bond motifs is 1. The SMILES string of the molecule is CCOc1cc2c(cc1OCC)CN(CC(=O)N(C)CC(=O)NC)CC2. The molecule has 1 aliphatic heterocycles. The molecule has 0 saturated heterocycles. The topological polar surface area (TPSA) is 71.1 Å². The number of amides is 2. The normalized spacial score (nSPS) is 13.7. The summed E-state index contributed by atoms with van der Waals surface area (Å²) in [5.74, 6) is 1.30. The fourth-order valence-electron chi connectivity index (χ4n) is 2.99. The number of rotatable bonds is 8. The van der Waals surface area contributed by atoms with Crippen molar-refractivity contribution in [3.63, 3.8) is 0 Å². The Kier molecular flexibility index (Phi) is 7.26. The van der Waals surface area contributed by atoms with Crippen molar-refractivity contribution in [3.8, 4) is 11.5 Å². The van der Waals surface area contributed by atoms with E-state index in [0.717, 1.165) is 30.0 Å². The Morgan fingerprint density at radius 1 is 1.15 bits per heavy atom. The molecular weight excluding hydrogens is 334 g/mol. The van der Waals surface area contributed by atoms with Gasteiger partial charge >= 0.3 is 0 Å². The number of ether oxygens (including phenoxy) is 2. The molecule has 0 radical (unpaired) electrons. The van der Waals surface area contributed by atoms with E-state index in [1.54, 1.807) is 14.1 Å². The van der Waals surface area contributed by atoms with E-state index in [1.165, 1.54) is 10.5 Å². The number of nitrogens with zero attached hydrogens (tertiary/aromatic N) is 2. The summed E-state index contributed by atoms with van der Waals surface area (Å²) in [6.45, 7) is 6.92. The summed E-state index contributed by atoms with van der Waals surface area (Å²) in [6, 6.07) is 4.08. The van der Waals surface area contributed by atoms with Gasteiger partial charge in [-0.2, -0.15) is 0 Å². The second-order valence-electron chi connectivity index (χ2n) is 6.32. The zero-order valence-electron chi connectivity index (χ0n) is 16.1. The fourth-order valence-corrected chi connectivity index (χ4v) is 2.99. The van der Waals surface area contributed by atoms with E-state index in [1.807, 2.05) is 19.9 Å². The van der Waals surface area contributed by atoms with Gasteiger partial charge < -0.3 is 19.7 Å². The summed E-state index contributed by atoms with van der Waals surface area (Å²) >= 11 is 0. The first-order chi connectivity index (χ1) is 12.5. The average molecular weight is 363 g/mol. The lowest BCUT2D eigenvalue weighted by molar-refractivity contribution is -0.135. The maximum Gasteiger partial charge on any atom is 0.239 e. The minimum atomic E-state index is -0.172. The quantitative estimate of drug-likeness (QED) is 0.747. The molecule has 144 valence electrons. The van der Waals surface area contributed by atoms with Gasteiger partial charge in [-0.15, -0.1) is 0 Å². The molecule has 1 heterocycles. The van der Waals surface area contributed by atoms with E-state index < -0.39 is 0 Å². The van der Waals surface area contributed by atoms with Gasteiger partial charge in [0.25, 0.3) is 0 Å². The van der Waals surface area contributed by atoms with Crippen molar-refractivity contribution >= 4 is 11.8 Å². The van der Waals surface area contributed by atoms with Crippen molar-refractivity contribution in [2.45, 2.75) is 26.8 Å². The Morgan fingerprint density at radius 2 is 1.77 bits per heavy atom. The number of benzene rings is 1. The Labute approximate surface area is 155 Å². The van der Waals surface area contributed by atoms with Crippen molar-refractivity contribution in [2.24, 2.45) is 0 Å². The number of likely N-dealkylation sites (N-methyl/N-ethyl adjacent to an activating group) is 2. The van der Waals surface area contributed by atoms with Gasteiger partial charge in [0, 0.05) is 27.2 Å². The van der Waals surface area contributed by atoms with Crippen LogP contribution in [0.1, 0.15) is 25.0 Å². The van der Waals surface area contributed by atoms with E-state index >= 15 is 0 Å². The molecule has 2 amide bonds. The van der Waals surface area contributed by atoms with Gasteiger partial charge in [0.15, 0.2) is 11.5 Å². The minimum absolute atomic E-state index is 0.0620. The van der Waals surface area contributed by atoms with Crippen LogP contribution in [-0.2, 0) is 22.6 Å². The maximum atomic E-state index is 12.3. The molecule has 0 aromatic heterocycles. The molecule has 0 saturated carbocycles. The number of hydrogen-bond acceptors (Lipinski definition) is 5.